The predicted molar refractivity (Wildman–Crippen MR) is 122 cm³/mol. The highest BCUT2D eigenvalue weighted by Crippen LogP contribution is 2.54. The number of para-hydroxylation sites is 1. The molecule has 7 nitrogen and oxygen atoms in total. The normalized spacial score (nSPS) is 24.3. The number of hydrogen-bond acceptors (Lipinski definition) is 6. The van der Waals surface area contributed by atoms with Gasteiger partial charge in [-0.3, -0.25) is 9.59 Å². The van der Waals surface area contributed by atoms with E-state index in [4.69, 9.17) is 4.74 Å². The van der Waals surface area contributed by atoms with E-state index >= 15 is 0 Å². The fourth-order valence-electron chi connectivity index (χ4n) is 4.25. The lowest BCUT2D eigenvalue weighted by molar-refractivity contribution is -0.173. The molecule has 2 aliphatic rings. The number of aliphatic hydroxyl groups is 1. The largest absolute Gasteiger partial charge is 0.459 e. The lowest BCUT2D eigenvalue weighted by Crippen LogP contribution is -2.67. The number of hydrogen-bond donors (Lipinski definition) is 1. The van der Waals surface area contributed by atoms with E-state index in [1.54, 1.807) is 31.3 Å². The quantitative estimate of drug-likeness (QED) is 0.533. The lowest BCUT2D eigenvalue weighted by Gasteiger charge is -2.45. The molecule has 2 aliphatic heterocycles. The Bertz CT molecular complexity index is 1010. The van der Waals surface area contributed by atoms with Crippen LogP contribution in [-0.2, 0) is 25.7 Å². The van der Waals surface area contributed by atoms with E-state index in [1.165, 1.54) is 21.6 Å². The van der Waals surface area contributed by atoms with Crippen LogP contribution in [0.4, 0.5) is 5.69 Å². The number of benzene rings is 2. The molecule has 32 heavy (non-hydrogen) atoms. The molecule has 2 aromatic carbocycles. The van der Waals surface area contributed by atoms with Gasteiger partial charge in [0.15, 0.2) is 0 Å². The standard InChI is InChI=1S/C24H26N2O5S/c1-24(2)19(23(30)31-14-15-10-6-4-7-11-15)26-20(28)17(22(26)32-24)18(27)21(29)25(3)16-12-8-5-9-13-16/h4-13,17-19,22,27H,14H2,1-3H3/t17-,18-,19+,22-/m1/s1. The summed E-state index contributed by atoms with van der Waals surface area (Å²) in [6.07, 6.45) is -1.49. The molecule has 168 valence electrons. The first kappa shape index (κ1) is 22.4. The third-order valence-corrected chi connectivity index (χ3v) is 7.59. The van der Waals surface area contributed by atoms with Crippen LogP contribution in [0.25, 0.3) is 0 Å². The number of carbonyl (C=O) groups is 3. The molecule has 2 saturated heterocycles. The van der Waals surface area contributed by atoms with E-state index in [1.807, 2.05) is 50.2 Å². The van der Waals surface area contributed by atoms with Gasteiger partial charge >= 0.3 is 5.97 Å². The Morgan fingerprint density at radius 1 is 1.12 bits per heavy atom. The Morgan fingerprint density at radius 3 is 2.34 bits per heavy atom. The molecule has 0 aliphatic carbocycles. The second-order valence-electron chi connectivity index (χ2n) is 8.56. The number of anilines is 1. The average Bonchev–Trinajstić information content (AvgIpc) is 3.04. The van der Waals surface area contributed by atoms with Gasteiger partial charge in [0.1, 0.15) is 24.7 Å². The Hall–Kier alpha value is -2.84. The maximum Gasteiger partial charge on any atom is 0.330 e. The van der Waals surface area contributed by atoms with Crippen LogP contribution in [0.5, 0.6) is 0 Å². The number of thioether (sulfide) groups is 1. The molecule has 4 rings (SSSR count). The first-order valence-corrected chi connectivity index (χ1v) is 11.3. The smallest absolute Gasteiger partial charge is 0.330 e. The molecule has 0 bridgehead atoms. The van der Waals surface area contributed by atoms with E-state index in [-0.39, 0.29) is 6.61 Å². The van der Waals surface area contributed by atoms with Gasteiger partial charge in [-0.15, -0.1) is 11.8 Å². The van der Waals surface area contributed by atoms with Gasteiger partial charge in [0.2, 0.25) is 5.91 Å². The topological polar surface area (TPSA) is 87.2 Å². The van der Waals surface area contributed by atoms with Crippen LogP contribution in [0.1, 0.15) is 19.4 Å². The number of likely N-dealkylation sites (N-methyl/N-ethyl adjacent to an activating group) is 1. The van der Waals surface area contributed by atoms with E-state index in [9.17, 15) is 19.5 Å². The van der Waals surface area contributed by atoms with Crippen molar-refractivity contribution in [2.24, 2.45) is 5.92 Å². The minimum Gasteiger partial charge on any atom is -0.459 e. The van der Waals surface area contributed by atoms with Crippen LogP contribution in [0.2, 0.25) is 0 Å². The third-order valence-electron chi connectivity index (χ3n) is 6.00. The van der Waals surface area contributed by atoms with Crippen LogP contribution >= 0.6 is 11.8 Å². The first-order valence-electron chi connectivity index (χ1n) is 10.4. The zero-order valence-electron chi connectivity index (χ0n) is 18.2. The molecular formula is C24H26N2O5S. The Kier molecular flexibility index (Phi) is 6.01. The average molecular weight is 455 g/mol. The maximum atomic E-state index is 13.0. The summed E-state index contributed by atoms with van der Waals surface area (Å²) in [6.45, 7) is 3.87. The van der Waals surface area contributed by atoms with Crippen LogP contribution in [0.15, 0.2) is 60.7 Å². The molecule has 8 heteroatoms. The van der Waals surface area contributed by atoms with Gasteiger partial charge in [-0.05, 0) is 31.5 Å². The molecular weight excluding hydrogens is 428 g/mol. The highest BCUT2D eigenvalue weighted by Gasteiger charge is 2.66. The molecule has 0 aromatic heterocycles. The fraction of sp³-hybridized carbons (Fsp3) is 0.375. The minimum absolute atomic E-state index is 0.121. The van der Waals surface area contributed by atoms with Crippen molar-refractivity contribution >= 4 is 35.2 Å². The van der Waals surface area contributed by atoms with Crippen molar-refractivity contribution in [1.82, 2.24) is 4.90 Å². The van der Waals surface area contributed by atoms with Gasteiger partial charge in [0, 0.05) is 17.5 Å². The second-order valence-corrected chi connectivity index (χ2v) is 10.3. The molecule has 2 aromatic rings. The number of rotatable bonds is 6. The number of esters is 1. The van der Waals surface area contributed by atoms with E-state index in [2.05, 4.69) is 0 Å². The molecule has 2 fully saturated rings. The zero-order chi connectivity index (χ0) is 23.0. The van der Waals surface area contributed by atoms with E-state index in [0.717, 1.165) is 5.56 Å². The van der Waals surface area contributed by atoms with Gasteiger partial charge in [0.25, 0.3) is 5.91 Å². The van der Waals surface area contributed by atoms with Gasteiger partial charge in [-0.1, -0.05) is 48.5 Å². The fourth-order valence-corrected chi connectivity index (χ4v) is 5.96. The van der Waals surface area contributed by atoms with Crippen LogP contribution in [0, 0.1) is 5.92 Å². The Morgan fingerprint density at radius 2 is 1.72 bits per heavy atom. The minimum atomic E-state index is -1.49. The van der Waals surface area contributed by atoms with Crippen LogP contribution in [0.3, 0.4) is 0 Å². The summed E-state index contributed by atoms with van der Waals surface area (Å²) in [7, 11) is 1.57. The predicted octanol–water partition coefficient (Wildman–Crippen LogP) is 2.43. The lowest BCUT2D eigenvalue weighted by atomic mass is 9.87. The van der Waals surface area contributed by atoms with Crippen molar-refractivity contribution in [3.8, 4) is 0 Å². The first-order chi connectivity index (χ1) is 15.2. The van der Waals surface area contributed by atoms with Crippen molar-refractivity contribution in [2.75, 3.05) is 11.9 Å². The summed E-state index contributed by atoms with van der Waals surface area (Å²) in [4.78, 5) is 41.6. The molecule has 0 spiro atoms. The van der Waals surface area contributed by atoms with Crippen molar-refractivity contribution < 1.29 is 24.2 Å². The van der Waals surface area contributed by atoms with Crippen molar-refractivity contribution in [3.63, 3.8) is 0 Å². The van der Waals surface area contributed by atoms with Crippen molar-refractivity contribution in [3.05, 3.63) is 66.2 Å². The number of nitrogens with zero attached hydrogens (tertiary/aromatic N) is 2. The van der Waals surface area contributed by atoms with Gasteiger partial charge in [0.05, 0.1) is 5.37 Å². The summed E-state index contributed by atoms with van der Waals surface area (Å²) >= 11 is 1.41. The van der Waals surface area contributed by atoms with Crippen LogP contribution in [-0.4, -0.2) is 57.1 Å². The van der Waals surface area contributed by atoms with Crippen molar-refractivity contribution in [2.45, 2.75) is 42.7 Å². The number of fused-ring (bicyclic) bond motifs is 1. The molecule has 0 saturated carbocycles. The molecule has 2 heterocycles. The summed E-state index contributed by atoms with van der Waals surface area (Å²) in [6, 6.07) is 17.5. The van der Waals surface area contributed by atoms with E-state index < -0.39 is 46.0 Å². The van der Waals surface area contributed by atoms with Gasteiger partial charge in [-0.25, -0.2) is 4.79 Å². The maximum absolute atomic E-state index is 13.0. The summed E-state index contributed by atoms with van der Waals surface area (Å²) in [5.41, 5.74) is 1.49. The summed E-state index contributed by atoms with van der Waals surface area (Å²) in [5, 5.41) is 10.3. The number of ether oxygens (including phenoxy) is 1. The highest BCUT2D eigenvalue weighted by atomic mass is 32.2. The zero-order valence-corrected chi connectivity index (χ0v) is 19.0. The second kappa shape index (κ2) is 8.60. The number of amides is 2. The van der Waals surface area contributed by atoms with E-state index in [0.29, 0.717) is 5.69 Å². The summed E-state index contributed by atoms with van der Waals surface area (Å²) < 4.78 is 4.89. The molecule has 0 unspecified atom stereocenters. The van der Waals surface area contributed by atoms with Gasteiger partial charge < -0.3 is 19.6 Å². The molecule has 1 N–H and O–H groups in total. The van der Waals surface area contributed by atoms with Gasteiger partial charge in [-0.2, -0.15) is 0 Å². The number of aliphatic hydroxyl groups excluding tert-OH is 1. The van der Waals surface area contributed by atoms with Crippen LogP contribution < -0.4 is 4.90 Å². The highest BCUT2D eigenvalue weighted by molar-refractivity contribution is 8.01. The Balaban J connectivity index is 1.45. The molecule has 0 radical (unpaired) electrons. The molecule has 2 amide bonds. The number of β-lactam (4-membered cyclic amide) rings is 1. The molecule has 4 atom stereocenters. The Labute approximate surface area is 191 Å². The number of carbonyl (C=O) groups excluding carboxylic acids is 3. The monoisotopic (exact) mass is 454 g/mol. The van der Waals surface area contributed by atoms with Crippen molar-refractivity contribution in [1.29, 1.82) is 0 Å². The third kappa shape index (κ3) is 3.89. The SMILES string of the molecule is CN(C(=O)[C@H](O)[C@@H]1C(=O)N2[C@@H]1SC(C)(C)[C@@H]2C(=O)OCc1ccccc1)c1ccccc1. The summed E-state index contributed by atoms with van der Waals surface area (Å²) in [5.74, 6) is -2.34.